The van der Waals surface area contributed by atoms with Crippen molar-refractivity contribution in [2.24, 2.45) is 5.92 Å². The Balaban J connectivity index is 3.07. The largest absolute Gasteiger partial charge is 0.416 e. The van der Waals surface area contributed by atoms with Gasteiger partial charge in [-0.15, -0.1) is 0 Å². The second kappa shape index (κ2) is 8.42. The van der Waals surface area contributed by atoms with E-state index in [1.165, 1.54) is 12.1 Å². The molecule has 0 amide bonds. The van der Waals surface area contributed by atoms with Crippen LogP contribution in [0.2, 0.25) is 0 Å². The standard InChI is InChI=1S/C17H26F3N/c1-4-11-21-16(12-13(5-2)6-3)14-9-7-8-10-15(14)17(18,19)20/h7-10,13,16,21H,4-6,11-12H2,1-3H3. The summed E-state index contributed by atoms with van der Waals surface area (Å²) in [5.41, 5.74) is -0.130. The SMILES string of the molecule is CCCNC(CC(CC)CC)c1ccccc1C(F)(F)F. The number of alkyl halides is 3. The predicted molar refractivity (Wildman–Crippen MR) is 81.2 cm³/mol. The average molecular weight is 301 g/mol. The molecule has 1 atom stereocenters. The third-order valence-electron chi connectivity index (χ3n) is 4.01. The monoisotopic (exact) mass is 301 g/mol. The Bertz CT molecular complexity index is 411. The van der Waals surface area contributed by atoms with Crippen molar-refractivity contribution in [3.05, 3.63) is 35.4 Å². The third kappa shape index (κ3) is 5.34. The average Bonchev–Trinajstić information content (AvgIpc) is 2.47. The van der Waals surface area contributed by atoms with Gasteiger partial charge in [-0.05, 0) is 36.9 Å². The van der Waals surface area contributed by atoms with E-state index >= 15 is 0 Å². The molecule has 0 spiro atoms. The summed E-state index contributed by atoms with van der Waals surface area (Å²) in [6.45, 7) is 6.95. The molecule has 0 bridgehead atoms. The topological polar surface area (TPSA) is 12.0 Å². The molecule has 21 heavy (non-hydrogen) atoms. The lowest BCUT2D eigenvalue weighted by Gasteiger charge is -2.26. The predicted octanol–water partition coefficient (Wildman–Crippen LogP) is 5.57. The molecule has 0 saturated heterocycles. The third-order valence-corrected chi connectivity index (χ3v) is 4.01. The number of halogens is 3. The van der Waals surface area contributed by atoms with E-state index < -0.39 is 11.7 Å². The Morgan fingerprint density at radius 3 is 2.19 bits per heavy atom. The first-order valence-corrected chi connectivity index (χ1v) is 7.83. The maximum Gasteiger partial charge on any atom is 0.416 e. The van der Waals surface area contributed by atoms with Gasteiger partial charge in [0.25, 0.3) is 0 Å². The molecule has 1 aromatic carbocycles. The van der Waals surface area contributed by atoms with Crippen molar-refractivity contribution in [2.75, 3.05) is 6.54 Å². The summed E-state index contributed by atoms with van der Waals surface area (Å²) >= 11 is 0. The highest BCUT2D eigenvalue weighted by molar-refractivity contribution is 5.32. The highest BCUT2D eigenvalue weighted by atomic mass is 19.4. The first kappa shape index (κ1) is 18.0. The van der Waals surface area contributed by atoms with E-state index in [1.54, 1.807) is 12.1 Å². The van der Waals surface area contributed by atoms with Gasteiger partial charge in [0.15, 0.2) is 0 Å². The minimum atomic E-state index is -4.29. The summed E-state index contributed by atoms with van der Waals surface area (Å²) in [6.07, 6.45) is -0.645. The van der Waals surface area contributed by atoms with Gasteiger partial charge in [0.1, 0.15) is 0 Å². The van der Waals surface area contributed by atoms with E-state index in [1.807, 2.05) is 6.92 Å². The minimum Gasteiger partial charge on any atom is -0.310 e. The molecule has 0 aliphatic rings. The molecule has 1 nitrogen and oxygen atoms in total. The van der Waals surface area contributed by atoms with Gasteiger partial charge in [-0.1, -0.05) is 51.8 Å². The molecule has 0 aliphatic heterocycles. The second-order valence-corrected chi connectivity index (χ2v) is 5.51. The number of hydrogen-bond acceptors (Lipinski definition) is 1. The van der Waals surface area contributed by atoms with Crippen molar-refractivity contribution in [3.63, 3.8) is 0 Å². The molecular weight excluding hydrogens is 275 g/mol. The molecule has 0 aromatic heterocycles. The Morgan fingerprint density at radius 2 is 1.67 bits per heavy atom. The Morgan fingerprint density at radius 1 is 1.05 bits per heavy atom. The van der Waals surface area contributed by atoms with E-state index in [-0.39, 0.29) is 6.04 Å². The van der Waals surface area contributed by atoms with Crippen LogP contribution in [0.25, 0.3) is 0 Å². The van der Waals surface area contributed by atoms with Crippen LogP contribution in [-0.4, -0.2) is 6.54 Å². The number of benzene rings is 1. The van der Waals surface area contributed by atoms with Gasteiger partial charge in [-0.25, -0.2) is 0 Å². The smallest absolute Gasteiger partial charge is 0.310 e. The van der Waals surface area contributed by atoms with Crippen molar-refractivity contribution < 1.29 is 13.2 Å². The van der Waals surface area contributed by atoms with Crippen molar-refractivity contribution >= 4 is 0 Å². The molecule has 120 valence electrons. The van der Waals surface area contributed by atoms with E-state index in [4.69, 9.17) is 0 Å². The van der Waals surface area contributed by atoms with Crippen molar-refractivity contribution in [3.8, 4) is 0 Å². The number of rotatable bonds is 8. The first-order chi connectivity index (χ1) is 9.93. The lowest BCUT2D eigenvalue weighted by molar-refractivity contribution is -0.138. The van der Waals surface area contributed by atoms with Gasteiger partial charge in [-0.3, -0.25) is 0 Å². The van der Waals surface area contributed by atoms with Crippen LogP contribution in [0.5, 0.6) is 0 Å². The Kier molecular flexibility index (Phi) is 7.23. The Labute approximate surface area is 125 Å². The zero-order valence-corrected chi connectivity index (χ0v) is 13.1. The van der Waals surface area contributed by atoms with Gasteiger partial charge in [0.05, 0.1) is 5.56 Å². The first-order valence-electron chi connectivity index (χ1n) is 7.83. The van der Waals surface area contributed by atoms with Gasteiger partial charge < -0.3 is 5.32 Å². The van der Waals surface area contributed by atoms with Crippen LogP contribution in [0.3, 0.4) is 0 Å². The van der Waals surface area contributed by atoms with E-state index in [0.717, 1.165) is 32.2 Å². The van der Waals surface area contributed by atoms with Crippen LogP contribution in [0.15, 0.2) is 24.3 Å². The summed E-state index contributed by atoms with van der Waals surface area (Å²) in [6, 6.07) is 5.72. The molecule has 0 radical (unpaired) electrons. The second-order valence-electron chi connectivity index (χ2n) is 5.51. The summed E-state index contributed by atoms with van der Waals surface area (Å²) in [5.74, 6) is 0.445. The van der Waals surface area contributed by atoms with E-state index in [9.17, 15) is 13.2 Å². The Hall–Kier alpha value is -1.03. The van der Waals surface area contributed by atoms with Crippen LogP contribution in [0.1, 0.15) is 63.6 Å². The summed E-state index contributed by atoms with van der Waals surface area (Å²) in [7, 11) is 0. The summed E-state index contributed by atoms with van der Waals surface area (Å²) < 4.78 is 39.6. The molecule has 1 rings (SSSR count). The van der Waals surface area contributed by atoms with Gasteiger partial charge in [0.2, 0.25) is 0 Å². The molecule has 0 saturated carbocycles. The fraction of sp³-hybridized carbons (Fsp3) is 0.647. The molecule has 1 N–H and O–H groups in total. The van der Waals surface area contributed by atoms with Crippen LogP contribution in [0.4, 0.5) is 13.2 Å². The maximum atomic E-state index is 13.2. The molecule has 1 unspecified atom stereocenters. The number of nitrogens with one attached hydrogen (secondary N) is 1. The zero-order valence-electron chi connectivity index (χ0n) is 13.1. The van der Waals surface area contributed by atoms with Gasteiger partial charge >= 0.3 is 6.18 Å². The van der Waals surface area contributed by atoms with Gasteiger partial charge in [0, 0.05) is 6.04 Å². The van der Waals surface area contributed by atoms with Crippen LogP contribution in [0, 0.1) is 5.92 Å². The minimum absolute atomic E-state index is 0.229. The highest BCUT2D eigenvalue weighted by Crippen LogP contribution is 2.36. The fourth-order valence-corrected chi connectivity index (χ4v) is 2.65. The summed E-state index contributed by atoms with van der Waals surface area (Å²) in [4.78, 5) is 0. The van der Waals surface area contributed by atoms with Crippen molar-refractivity contribution in [1.82, 2.24) is 5.32 Å². The highest BCUT2D eigenvalue weighted by Gasteiger charge is 2.35. The zero-order chi connectivity index (χ0) is 15.9. The quantitative estimate of drug-likeness (QED) is 0.661. The van der Waals surface area contributed by atoms with E-state index in [0.29, 0.717) is 11.5 Å². The van der Waals surface area contributed by atoms with Gasteiger partial charge in [-0.2, -0.15) is 13.2 Å². The number of hydrogen-bond donors (Lipinski definition) is 1. The van der Waals surface area contributed by atoms with E-state index in [2.05, 4.69) is 19.2 Å². The molecule has 4 heteroatoms. The molecule has 0 fully saturated rings. The molecule has 0 heterocycles. The summed E-state index contributed by atoms with van der Waals surface area (Å²) in [5, 5.41) is 3.30. The van der Waals surface area contributed by atoms with Crippen LogP contribution < -0.4 is 5.32 Å². The fourth-order valence-electron chi connectivity index (χ4n) is 2.65. The lowest BCUT2D eigenvalue weighted by atomic mass is 9.89. The lowest BCUT2D eigenvalue weighted by Crippen LogP contribution is -2.27. The van der Waals surface area contributed by atoms with Crippen LogP contribution in [-0.2, 0) is 6.18 Å². The van der Waals surface area contributed by atoms with Crippen molar-refractivity contribution in [1.29, 1.82) is 0 Å². The van der Waals surface area contributed by atoms with Crippen LogP contribution >= 0.6 is 0 Å². The molecule has 0 aliphatic carbocycles. The molecular formula is C17H26F3N. The normalized spacial score (nSPS) is 13.7. The van der Waals surface area contributed by atoms with Crippen molar-refractivity contribution in [2.45, 2.75) is 58.7 Å². The maximum absolute atomic E-state index is 13.2. The molecule has 1 aromatic rings.